The number of hydrogen-bond donors (Lipinski definition) is 0. The van der Waals surface area contributed by atoms with Gasteiger partial charge in [-0.05, 0) is 24.0 Å². The second-order valence-electron chi connectivity index (χ2n) is 4.23. The number of methoxy groups -OCH3 is 1. The normalized spacial score (nSPS) is 12.6. The summed E-state index contributed by atoms with van der Waals surface area (Å²) in [5, 5.41) is 0.624. The molecule has 0 saturated heterocycles. The Labute approximate surface area is 102 Å². The van der Waals surface area contributed by atoms with Gasteiger partial charge in [-0.3, -0.25) is 4.79 Å². The summed E-state index contributed by atoms with van der Waals surface area (Å²) in [4.78, 5) is 11.7. The highest BCUT2D eigenvalue weighted by Crippen LogP contribution is 2.30. The van der Waals surface area contributed by atoms with E-state index in [0.717, 1.165) is 12.0 Å². The summed E-state index contributed by atoms with van der Waals surface area (Å²) in [6, 6.07) is 7.42. The first-order chi connectivity index (χ1) is 7.56. The van der Waals surface area contributed by atoms with Crippen LogP contribution in [0.5, 0.6) is 0 Å². The average Bonchev–Trinajstić information content (AvgIpc) is 2.26. The molecule has 0 radical (unpaired) electrons. The molecule has 0 N–H and O–H groups in total. The van der Waals surface area contributed by atoms with Crippen LogP contribution in [0.4, 0.5) is 0 Å². The quantitative estimate of drug-likeness (QED) is 0.751. The minimum absolute atomic E-state index is 0.221. The molecule has 1 aromatic rings. The van der Waals surface area contributed by atoms with Gasteiger partial charge in [0.25, 0.3) is 0 Å². The van der Waals surface area contributed by atoms with Crippen molar-refractivity contribution in [2.24, 2.45) is 5.92 Å². The van der Waals surface area contributed by atoms with Crippen LogP contribution in [0.3, 0.4) is 0 Å². The van der Waals surface area contributed by atoms with Crippen LogP contribution in [-0.2, 0) is 9.53 Å². The Bertz CT molecular complexity index is 361. The molecule has 0 aliphatic carbocycles. The molecule has 2 nitrogen and oxygen atoms in total. The van der Waals surface area contributed by atoms with Crippen LogP contribution >= 0.6 is 11.6 Å². The van der Waals surface area contributed by atoms with Crippen molar-refractivity contribution in [3.8, 4) is 0 Å². The van der Waals surface area contributed by atoms with E-state index in [1.54, 1.807) is 6.07 Å². The fourth-order valence-electron chi connectivity index (χ4n) is 1.72. The second kappa shape index (κ2) is 5.90. The van der Waals surface area contributed by atoms with E-state index in [0.29, 0.717) is 10.9 Å². The maximum Gasteiger partial charge on any atom is 0.313 e. The summed E-state index contributed by atoms with van der Waals surface area (Å²) in [5.41, 5.74) is 0.852. The molecule has 0 aliphatic rings. The molecule has 88 valence electrons. The molecule has 0 amide bonds. The summed E-state index contributed by atoms with van der Waals surface area (Å²) in [6.07, 6.45) is 0.746. The van der Waals surface area contributed by atoms with Crippen LogP contribution in [0.25, 0.3) is 0 Å². The standard InChI is InChI=1S/C13H17ClO2/c1-9(2)8-11(13(15)16-3)10-6-4-5-7-12(10)14/h4-7,9,11H,8H2,1-3H3. The smallest absolute Gasteiger partial charge is 0.313 e. The van der Waals surface area contributed by atoms with E-state index >= 15 is 0 Å². The van der Waals surface area contributed by atoms with Gasteiger partial charge in [-0.15, -0.1) is 0 Å². The van der Waals surface area contributed by atoms with E-state index in [9.17, 15) is 4.79 Å². The lowest BCUT2D eigenvalue weighted by molar-refractivity contribution is -0.142. The van der Waals surface area contributed by atoms with E-state index in [4.69, 9.17) is 16.3 Å². The van der Waals surface area contributed by atoms with E-state index in [1.807, 2.05) is 18.2 Å². The number of carbonyl (C=O) groups excluding carboxylic acids is 1. The summed E-state index contributed by atoms with van der Waals surface area (Å²) in [6.45, 7) is 4.15. The predicted molar refractivity (Wildman–Crippen MR) is 65.7 cm³/mol. The van der Waals surface area contributed by atoms with Gasteiger partial charge in [0.1, 0.15) is 0 Å². The molecule has 1 unspecified atom stereocenters. The number of halogens is 1. The highest BCUT2D eigenvalue weighted by molar-refractivity contribution is 6.31. The van der Waals surface area contributed by atoms with Crippen molar-refractivity contribution in [2.45, 2.75) is 26.2 Å². The maximum atomic E-state index is 11.7. The Morgan fingerprint density at radius 1 is 1.38 bits per heavy atom. The Hall–Kier alpha value is -1.02. The van der Waals surface area contributed by atoms with Gasteiger partial charge < -0.3 is 4.74 Å². The average molecular weight is 241 g/mol. The maximum absolute atomic E-state index is 11.7. The van der Waals surface area contributed by atoms with Crippen molar-refractivity contribution in [1.29, 1.82) is 0 Å². The molecule has 0 heterocycles. The van der Waals surface area contributed by atoms with E-state index in [2.05, 4.69) is 13.8 Å². The van der Waals surface area contributed by atoms with Gasteiger partial charge >= 0.3 is 5.97 Å². The van der Waals surface area contributed by atoms with Crippen molar-refractivity contribution in [1.82, 2.24) is 0 Å². The Balaban J connectivity index is 3.01. The van der Waals surface area contributed by atoms with E-state index in [1.165, 1.54) is 7.11 Å². The number of esters is 1. The molecule has 16 heavy (non-hydrogen) atoms. The predicted octanol–water partition coefficient (Wildman–Crippen LogP) is 3.64. The summed E-state index contributed by atoms with van der Waals surface area (Å²) in [7, 11) is 1.41. The van der Waals surface area contributed by atoms with Gasteiger partial charge in [0, 0.05) is 5.02 Å². The van der Waals surface area contributed by atoms with Crippen LogP contribution in [-0.4, -0.2) is 13.1 Å². The SMILES string of the molecule is COC(=O)C(CC(C)C)c1ccccc1Cl. The molecule has 0 bridgehead atoms. The molecule has 0 aliphatic heterocycles. The van der Waals surface area contributed by atoms with E-state index < -0.39 is 0 Å². The summed E-state index contributed by atoms with van der Waals surface area (Å²) >= 11 is 6.10. The van der Waals surface area contributed by atoms with Gasteiger partial charge in [-0.1, -0.05) is 43.6 Å². The third-order valence-electron chi connectivity index (χ3n) is 2.47. The zero-order valence-corrected chi connectivity index (χ0v) is 10.6. The van der Waals surface area contributed by atoms with Gasteiger partial charge in [0.2, 0.25) is 0 Å². The first kappa shape index (κ1) is 13.0. The third kappa shape index (κ3) is 3.24. The van der Waals surface area contributed by atoms with Crippen molar-refractivity contribution in [2.75, 3.05) is 7.11 Å². The second-order valence-corrected chi connectivity index (χ2v) is 4.63. The highest BCUT2D eigenvalue weighted by atomic mass is 35.5. The number of rotatable bonds is 4. The monoisotopic (exact) mass is 240 g/mol. The van der Waals surface area contributed by atoms with E-state index in [-0.39, 0.29) is 11.9 Å². The van der Waals surface area contributed by atoms with Gasteiger partial charge in [0.05, 0.1) is 13.0 Å². The lowest BCUT2D eigenvalue weighted by Gasteiger charge is -2.18. The molecule has 1 atom stereocenters. The fourth-order valence-corrected chi connectivity index (χ4v) is 1.99. The van der Waals surface area contributed by atoms with Gasteiger partial charge in [0.15, 0.2) is 0 Å². The Kier molecular flexibility index (Phi) is 4.81. The molecule has 0 saturated carbocycles. The van der Waals surface area contributed by atoms with Crippen molar-refractivity contribution >= 4 is 17.6 Å². The van der Waals surface area contributed by atoms with Crippen LogP contribution < -0.4 is 0 Å². The van der Waals surface area contributed by atoms with Crippen molar-refractivity contribution in [3.63, 3.8) is 0 Å². The minimum Gasteiger partial charge on any atom is -0.469 e. The lowest BCUT2D eigenvalue weighted by Crippen LogP contribution is -2.16. The van der Waals surface area contributed by atoms with Crippen molar-refractivity contribution < 1.29 is 9.53 Å². The number of hydrogen-bond acceptors (Lipinski definition) is 2. The number of ether oxygens (including phenoxy) is 1. The topological polar surface area (TPSA) is 26.3 Å². The Morgan fingerprint density at radius 3 is 2.50 bits per heavy atom. The highest BCUT2D eigenvalue weighted by Gasteiger charge is 2.24. The molecule has 0 spiro atoms. The molecular formula is C13H17ClO2. The molecule has 1 aromatic carbocycles. The minimum atomic E-state index is -0.265. The first-order valence-electron chi connectivity index (χ1n) is 5.38. The molecule has 0 fully saturated rings. The number of carbonyl (C=O) groups is 1. The zero-order chi connectivity index (χ0) is 12.1. The first-order valence-corrected chi connectivity index (χ1v) is 5.76. The largest absolute Gasteiger partial charge is 0.469 e. The van der Waals surface area contributed by atoms with Gasteiger partial charge in [-0.25, -0.2) is 0 Å². The molecule has 0 aromatic heterocycles. The van der Waals surface area contributed by atoms with Crippen LogP contribution in [0.1, 0.15) is 31.7 Å². The van der Waals surface area contributed by atoms with Crippen LogP contribution in [0.2, 0.25) is 5.02 Å². The van der Waals surface area contributed by atoms with Crippen LogP contribution in [0, 0.1) is 5.92 Å². The zero-order valence-electron chi connectivity index (χ0n) is 9.87. The Morgan fingerprint density at radius 2 is 2.00 bits per heavy atom. The molecule has 1 rings (SSSR count). The molecule has 3 heteroatoms. The van der Waals surface area contributed by atoms with Crippen molar-refractivity contribution in [3.05, 3.63) is 34.9 Å². The molecular weight excluding hydrogens is 224 g/mol. The third-order valence-corrected chi connectivity index (χ3v) is 2.82. The van der Waals surface area contributed by atoms with Gasteiger partial charge in [-0.2, -0.15) is 0 Å². The number of benzene rings is 1. The fraction of sp³-hybridized carbons (Fsp3) is 0.462. The van der Waals surface area contributed by atoms with Crippen LogP contribution in [0.15, 0.2) is 24.3 Å². The lowest BCUT2D eigenvalue weighted by atomic mass is 9.90. The summed E-state index contributed by atoms with van der Waals surface area (Å²) in [5.74, 6) is -0.0686. The summed E-state index contributed by atoms with van der Waals surface area (Å²) < 4.78 is 4.83.